The van der Waals surface area contributed by atoms with Gasteiger partial charge >= 0.3 is 0 Å². The Balaban J connectivity index is 2.98. The van der Waals surface area contributed by atoms with E-state index in [0.29, 0.717) is 17.4 Å². The van der Waals surface area contributed by atoms with E-state index < -0.39 is 0 Å². The number of halogens is 1. The molecule has 0 atom stereocenters. The van der Waals surface area contributed by atoms with E-state index in [1.165, 1.54) is 6.26 Å². The van der Waals surface area contributed by atoms with Crippen molar-refractivity contribution in [2.24, 2.45) is 0 Å². The second kappa shape index (κ2) is 2.82. The van der Waals surface area contributed by atoms with Gasteiger partial charge in [0.2, 0.25) is 0 Å². The number of alkyl halides is 1. The Bertz CT molecular complexity index is 205. The van der Waals surface area contributed by atoms with Crippen molar-refractivity contribution in [3.63, 3.8) is 0 Å². The van der Waals surface area contributed by atoms with Crippen molar-refractivity contribution in [3.8, 4) is 0 Å². The van der Waals surface area contributed by atoms with Crippen molar-refractivity contribution >= 4 is 22.2 Å². The lowest BCUT2D eigenvalue weighted by Gasteiger charge is -1.84. The molecule has 3 heteroatoms. The van der Waals surface area contributed by atoms with E-state index in [2.05, 4.69) is 15.9 Å². The first-order chi connectivity index (χ1) is 4.38. The molecule has 1 heterocycles. The molecule has 0 bridgehead atoms. The summed E-state index contributed by atoms with van der Waals surface area (Å²) in [5, 5.41) is 0.664. The largest absolute Gasteiger partial charge is 0.461 e. The average Bonchev–Trinajstić information content (AvgIpc) is 2.33. The summed E-state index contributed by atoms with van der Waals surface area (Å²) in [6, 6.07) is 1.76. The van der Waals surface area contributed by atoms with Crippen LogP contribution in [-0.4, -0.2) is 6.29 Å². The minimum absolute atomic E-state index is 0.409. The van der Waals surface area contributed by atoms with Crippen LogP contribution in [0.3, 0.4) is 0 Å². The number of hydrogen-bond donors (Lipinski definition) is 0. The van der Waals surface area contributed by atoms with Crippen LogP contribution >= 0.6 is 15.9 Å². The molecule has 0 N–H and O–H groups in total. The molecular formula is C6H5BrO2. The first-order valence-electron chi connectivity index (χ1n) is 2.46. The fourth-order valence-electron chi connectivity index (χ4n) is 0.561. The molecule has 0 aliphatic carbocycles. The molecule has 0 aliphatic heterocycles. The van der Waals surface area contributed by atoms with Gasteiger partial charge in [0.1, 0.15) is 0 Å². The molecule has 0 radical (unpaired) electrons. The summed E-state index contributed by atoms with van der Waals surface area (Å²) in [7, 11) is 0. The normalized spacial score (nSPS) is 9.44. The van der Waals surface area contributed by atoms with Crippen molar-refractivity contribution in [1.29, 1.82) is 0 Å². The molecule has 0 spiro atoms. The summed E-state index contributed by atoms with van der Waals surface area (Å²) in [5.41, 5.74) is 0.894. The fraction of sp³-hybridized carbons (Fsp3) is 0.167. The lowest BCUT2D eigenvalue weighted by atomic mass is 10.3. The molecule has 1 rings (SSSR count). The van der Waals surface area contributed by atoms with Gasteiger partial charge in [-0.2, -0.15) is 0 Å². The third kappa shape index (κ3) is 1.21. The Kier molecular flexibility index (Phi) is 2.05. The average molecular weight is 189 g/mol. The van der Waals surface area contributed by atoms with Crippen LogP contribution < -0.4 is 0 Å². The van der Waals surface area contributed by atoms with Gasteiger partial charge in [0.15, 0.2) is 12.0 Å². The minimum atomic E-state index is 0.409. The predicted octanol–water partition coefficient (Wildman–Crippen LogP) is 1.99. The number of carbonyl (C=O) groups is 1. The van der Waals surface area contributed by atoms with Gasteiger partial charge < -0.3 is 4.42 Å². The van der Waals surface area contributed by atoms with Crippen LogP contribution in [0.25, 0.3) is 0 Å². The maximum absolute atomic E-state index is 10.1. The van der Waals surface area contributed by atoms with Crippen molar-refractivity contribution in [1.82, 2.24) is 0 Å². The molecule has 0 saturated carbocycles. The molecular weight excluding hydrogens is 184 g/mol. The molecule has 0 aromatic carbocycles. The van der Waals surface area contributed by atoms with Gasteiger partial charge in [-0.25, -0.2) is 0 Å². The van der Waals surface area contributed by atoms with Crippen LogP contribution in [0.5, 0.6) is 0 Å². The van der Waals surface area contributed by atoms with Crippen LogP contribution in [0.4, 0.5) is 0 Å². The Morgan fingerprint density at radius 2 is 2.56 bits per heavy atom. The van der Waals surface area contributed by atoms with Gasteiger partial charge in [-0.15, -0.1) is 0 Å². The first kappa shape index (κ1) is 6.55. The zero-order chi connectivity index (χ0) is 6.69. The number of hydrogen-bond acceptors (Lipinski definition) is 2. The standard InChI is InChI=1S/C6H5BrO2/c7-3-5-1-2-9-6(5)4-8/h1-2,4H,3H2. The van der Waals surface area contributed by atoms with E-state index in [1.54, 1.807) is 6.07 Å². The Morgan fingerprint density at radius 1 is 1.78 bits per heavy atom. The van der Waals surface area contributed by atoms with Crippen LogP contribution in [-0.2, 0) is 5.33 Å². The second-order valence-electron chi connectivity index (χ2n) is 1.56. The van der Waals surface area contributed by atoms with Crippen LogP contribution in [0.15, 0.2) is 16.7 Å². The fourth-order valence-corrected chi connectivity index (χ4v) is 1.02. The molecule has 0 unspecified atom stereocenters. The molecule has 0 amide bonds. The highest BCUT2D eigenvalue weighted by Crippen LogP contribution is 2.10. The smallest absolute Gasteiger partial charge is 0.185 e. The number of aldehydes is 1. The first-order valence-corrected chi connectivity index (χ1v) is 3.58. The van der Waals surface area contributed by atoms with E-state index in [9.17, 15) is 4.79 Å². The lowest BCUT2D eigenvalue weighted by Crippen LogP contribution is -1.79. The predicted molar refractivity (Wildman–Crippen MR) is 36.7 cm³/mol. The summed E-state index contributed by atoms with van der Waals surface area (Å²) in [4.78, 5) is 10.1. The summed E-state index contributed by atoms with van der Waals surface area (Å²) in [6.45, 7) is 0. The monoisotopic (exact) mass is 188 g/mol. The topological polar surface area (TPSA) is 30.2 Å². The van der Waals surface area contributed by atoms with Gasteiger partial charge in [0.25, 0.3) is 0 Å². The van der Waals surface area contributed by atoms with Crippen molar-refractivity contribution < 1.29 is 9.21 Å². The zero-order valence-electron chi connectivity index (χ0n) is 4.63. The Hall–Kier alpha value is -0.570. The van der Waals surface area contributed by atoms with E-state index in [1.807, 2.05) is 0 Å². The maximum Gasteiger partial charge on any atom is 0.185 e. The number of carbonyl (C=O) groups excluding carboxylic acids is 1. The molecule has 0 saturated heterocycles. The van der Waals surface area contributed by atoms with Gasteiger partial charge in [-0.3, -0.25) is 4.79 Å². The van der Waals surface area contributed by atoms with Gasteiger partial charge in [0, 0.05) is 10.9 Å². The summed E-state index contributed by atoms with van der Waals surface area (Å²) in [6.07, 6.45) is 2.21. The van der Waals surface area contributed by atoms with Gasteiger partial charge in [-0.05, 0) is 6.07 Å². The highest BCUT2D eigenvalue weighted by molar-refractivity contribution is 9.08. The van der Waals surface area contributed by atoms with Gasteiger partial charge in [-0.1, -0.05) is 15.9 Å². The molecule has 48 valence electrons. The Labute approximate surface area is 61.0 Å². The highest BCUT2D eigenvalue weighted by Gasteiger charge is 2.00. The summed E-state index contributed by atoms with van der Waals surface area (Å²) in [5.74, 6) is 0.409. The highest BCUT2D eigenvalue weighted by atomic mass is 79.9. The van der Waals surface area contributed by atoms with Crippen LogP contribution in [0.1, 0.15) is 16.1 Å². The van der Waals surface area contributed by atoms with E-state index in [-0.39, 0.29) is 0 Å². The van der Waals surface area contributed by atoms with E-state index >= 15 is 0 Å². The lowest BCUT2D eigenvalue weighted by molar-refractivity contribution is 0.110. The quantitative estimate of drug-likeness (QED) is 0.525. The third-order valence-electron chi connectivity index (χ3n) is 1.03. The second-order valence-corrected chi connectivity index (χ2v) is 2.12. The van der Waals surface area contributed by atoms with Crippen LogP contribution in [0.2, 0.25) is 0 Å². The van der Waals surface area contributed by atoms with Crippen molar-refractivity contribution in [2.75, 3.05) is 0 Å². The van der Waals surface area contributed by atoms with Crippen molar-refractivity contribution in [2.45, 2.75) is 5.33 Å². The minimum Gasteiger partial charge on any atom is -0.461 e. The molecule has 1 aromatic heterocycles. The molecule has 2 nitrogen and oxygen atoms in total. The Morgan fingerprint density at radius 3 is 3.00 bits per heavy atom. The summed E-state index contributed by atoms with van der Waals surface area (Å²) < 4.78 is 4.81. The van der Waals surface area contributed by atoms with E-state index in [4.69, 9.17) is 4.42 Å². The number of furan rings is 1. The van der Waals surface area contributed by atoms with Crippen LogP contribution in [0, 0.1) is 0 Å². The summed E-state index contributed by atoms with van der Waals surface area (Å²) >= 11 is 3.21. The molecule has 1 aromatic rings. The van der Waals surface area contributed by atoms with Gasteiger partial charge in [0.05, 0.1) is 6.26 Å². The maximum atomic E-state index is 10.1. The molecule has 9 heavy (non-hydrogen) atoms. The van der Waals surface area contributed by atoms with Crippen molar-refractivity contribution in [3.05, 3.63) is 23.7 Å². The zero-order valence-corrected chi connectivity index (χ0v) is 6.22. The van der Waals surface area contributed by atoms with E-state index in [0.717, 1.165) is 5.56 Å². The number of rotatable bonds is 2. The third-order valence-corrected chi connectivity index (χ3v) is 1.64. The SMILES string of the molecule is O=Cc1occc1CBr. The molecule has 0 fully saturated rings. The molecule has 0 aliphatic rings.